The van der Waals surface area contributed by atoms with E-state index in [2.05, 4.69) is 36.4 Å². The van der Waals surface area contributed by atoms with Gasteiger partial charge in [0.05, 0.1) is 0 Å². The molecule has 12 heavy (non-hydrogen) atoms. The molecule has 1 aromatic rings. The molecule has 68 valence electrons. The monoisotopic (exact) mass is 203 g/mol. The van der Waals surface area contributed by atoms with E-state index in [1.807, 2.05) is 0 Å². The van der Waals surface area contributed by atoms with Gasteiger partial charge in [0.2, 0.25) is 0 Å². The van der Waals surface area contributed by atoms with Gasteiger partial charge in [0.1, 0.15) is 0 Å². The Bertz CT molecular complexity index is 210. The first kappa shape index (κ1) is 10.0. The topological polar surface area (TPSA) is 3.24 Å². The average molecular weight is 204 g/mol. The van der Waals surface area contributed by atoms with Crippen molar-refractivity contribution in [1.29, 1.82) is 0 Å². The van der Waals surface area contributed by atoms with E-state index < -0.39 is 0 Å². The molecule has 0 amide bonds. The molecule has 1 aromatic heterocycles. The summed E-state index contributed by atoms with van der Waals surface area (Å²) in [5.74, 6) is 0.696. The summed E-state index contributed by atoms with van der Waals surface area (Å²) in [4.78, 5) is 3.66. The smallest absolute Gasteiger partial charge is 0.0376 e. The highest BCUT2D eigenvalue weighted by Crippen LogP contribution is 2.12. The molecule has 0 bridgehead atoms. The molecule has 0 saturated carbocycles. The molecule has 0 fully saturated rings. The molecule has 0 aliphatic heterocycles. The highest BCUT2D eigenvalue weighted by atomic mass is 35.5. The van der Waals surface area contributed by atoms with Crippen LogP contribution in [-0.4, -0.2) is 23.9 Å². The molecular formula is C9H14ClNS. The molecule has 0 radical (unpaired) electrons. The maximum atomic E-state index is 5.75. The van der Waals surface area contributed by atoms with E-state index in [1.54, 1.807) is 11.3 Å². The van der Waals surface area contributed by atoms with Gasteiger partial charge < -0.3 is 0 Å². The van der Waals surface area contributed by atoms with E-state index in [0.717, 1.165) is 6.54 Å². The van der Waals surface area contributed by atoms with Crippen molar-refractivity contribution in [3.63, 3.8) is 0 Å². The molecule has 0 aromatic carbocycles. The Balaban J connectivity index is 2.41. The summed E-state index contributed by atoms with van der Waals surface area (Å²) in [6.45, 7) is 3.14. The normalized spacial score (nSPS) is 13.7. The van der Waals surface area contributed by atoms with Crippen molar-refractivity contribution in [2.45, 2.75) is 19.5 Å². The van der Waals surface area contributed by atoms with E-state index in [0.29, 0.717) is 11.9 Å². The van der Waals surface area contributed by atoms with E-state index in [9.17, 15) is 0 Å². The highest BCUT2D eigenvalue weighted by molar-refractivity contribution is 7.09. The fourth-order valence-corrected chi connectivity index (χ4v) is 1.92. The van der Waals surface area contributed by atoms with Crippen LogP contribution in [0.3, 0.4) is 0 Å². The lowest BCUT2D eigenvalue weighted by molar-refractivity contribution is 0.271. The number of rotatable bonds is 4. The SMILES string of the molecule is CC(CCl)N(C)Cc1cccs1. The molecule has 1 atom stereocenters. The molecule has 1 heterocycles. The molecular weight excluding hydrogens is 190 g/mol. The zero-order valence-electron chi connectivity index (χ0n) is 7.46. The molecule has 0 spiro atoms. The molecule has 1 nitrogen and oxygen atoms in total. The first-order chi connectivity index (χ1) is 5.74. The van der Waals surface area contributed by atoms with Crippen molar-refractivity contribution in [2.24, 2.45) is 0 Å². The lowest BCUT2D eigenvalue weighted by Gasteiger charge is -2.21. The van der Waals surface area contributed by atoms with Crippen LogP contribution >= 0.6 is 22.9 Å². The van der Waals surface area contributed by atoms with E-state index in [1.165, 1.54) is 4.88 Å². The van der Waals surface area contributed by atoms with E-state index >= 15 is 0 Å². The molecule has 1 unspecified atom stereocenters. The summed E-state index contributed by atoms with van der Waals surface area (Å²) in [6.07, 6.45) is 0. The Morgan fingerprint density at radius 3 is 2.92 bits per heavy atom. The molecule has 0 aliphatic carbocycles. The van der Waals surface area contributed by atoms with Crippen molar-refractivity contribution in [3.05, 3.63) is 22.4 Å². The van der Waals surface area contributed by atoms with Crippen LogP contribution in [-0.2, 0) is 6.54 Å². The van der Waals surface area contributed by atoms with Crippen molar-refractivity contribution in [3.8, 4) is 0 Å². The predicted molar refractivity (Wildman–Crippen MR) is 56.0 cm³/mol. The van der Waals surface area contributed by atoms with Crippen LogP contribution in [0.25, 0.3) is 0 Å². The van der Waals surface area contributed by atoms with Gasteiger partial charge >= 0.3 is 0 Å². The van der Waals surface area contributed by atoms with Gasteiger partial charge in [0, 0.05) is 23.3 Å². The van der Waals surface area contributed by atoms with E-state index in [-0.39, 0.29) is 0 Å². The maximum absolute atomic E-state index is 5.75. The van der Waals surface area contributed by atoms with Crippen molar-refractivity contribution in [2.75, 3.05) is 12.9 Å². The average Bonchev–Trinajstić information content (AvgIpc) is 2.55. The fraction of sp³-hybridized carbons (Fsp3) is 0.556. The zero-order chi connectivity index (χ0) is 8.97. The van der Waals surface area contributed by atoms with Gasteiger partial charge in [-0.15, -0.1) is 22.9 Å². The Labute approximate surface area is 83.0 Å². The van der Waals surface area contributed by atoms with Crippen molar-refractivity contribution >= 4 is 22.9 Å². The standard InChI is InChI=1S/C9H14ClNS/c1-8(6-10)11(2)7-9-4-3-5-12-9/h3-5,8H,6-7H2,1-2H3. The maximum Gasteiger partial charge on any atom is 0.0376 e. The van der Waals surface area contributed by atoms with Gasteiger partial charge in [0.25, 0.3) is 0 Å². The zero-order valence-corrected chi connectivity index (χ0v) is 9.03. The molecule has 0 saturated heterocycles. The van der Waals surface area contributed by atoms with Crippen LogP contribution in [0.4, 0.5) is 0 Å². The molecule has 1 rings (SSSR count). The van der Waals surface area contributed by atoms with Gasteiger partial charge in [-0.1, -0.05) is 6.07 Å². The third-order valence-electron chi connectivity index (χ3n) is 1.96. The van der Waals surface area contributed by atoms with Crippen molar-refractivity contribution < 1.29 is 0 Å². The van der Waals surface area contributed by atoms with Crippen molar-refractivity contribution in [1.82, 2.24) is 4.90 Å². The summed E-state index contributed by atoms with van der Waals surface area (Å²) < 4.78 is 0. The largest absolute Gasteiger partial charge is 0.297 e. The molecule has 0 N–H and O–H groups in total. The number of hydrogen-bond acceptors (Lipinski definition) is 2. The lowest BCUT2D eigenvalue weighted by Crippen LogP contribution is -2.29. The quantitative estimate of drug-likeness (QED) is 0.681. The van der Waals surface area contributed by atoms with E-state index in [4.69, 9.17) is 11.6 Å². The molecule has 3 heteroatoms. The highest BCUT2D eigenvalue weighted by Gasteiger charge is 2.07. The third-order valence-corrected chi connectivity index (χ3v) is 3.27. The van der Waals surface area contributed by atoms with Gasteiger partial charge in [-0.05, 0) is 25.4 Å². The first-order valence-corrected chi connectivity index (χ1v) is 5.44. The van der Waals surface area contributed by atoms with Crippen LogP contribution in [0.2, 0.25) is 0 Å². The minimum Gasteiger partial charge on any atom is -0.297 e. The van der Waals surface area contributed by atoms with Crippen LogP contribution in [0.15, 0.2) is 17.5 Å². The fourth-order valence-electron chi connectivity index (χ4n) is 0.922. The second-order valence-electron chi connectivity index (χ2n) is 3.00. The summed E-state index contributed by atoms with van der Waals surface area (Å²) >= 11 is 7.54. The van der Waals surface area contributed by atoms with Gasteiger partial charge in [-0.2, -0.15) is 0 Å². The predicted octanol–water partition coefficient (Wildman–Crippen LogP) is 2.81. The summed E-state index contributed by atoms with van der Waals surface area (Å²) in [5.41, 5.74) is 0. The molecule has 0 aliphatic rings. The number of nitrogens with zero attached hydrogens (tertiary/aromatic N) is 1. The minimum atomic E-state index is 0.453. The Morgan fingerprint density at radius 2 is 2.42 bits per heavy atom. The first-order valence-electron chi connectivity index (χ1n) is 4.02. The Kier molecular flexibility index (Phi) is 4.06. The Hall–Kier alpha value is -0.0500. The number of hydrogen-bond donors (Lipinski definition) is 0. The number of halogens is 1. The van der Waals surface area contributed by atoms with Crippen LogP contribution < -0.4 is 0 Å². The lowest BCUT2D eigenvalue weighted by atomic mass is 10.3. The van der Waals surface area contributed by atoms with Gasteiger partial charge in [-0.3, -0.25) is 4.90 Å². The van der Waals surface area contributed by atoms with Crippen LogP contribution in [0.1, 0.15) is 11.8 Å². The number of thiophene rings is 1. The number of alkyl halides is 1. The Morgan fingerprint density at radius 1 is 1.67 bits per heavy atom. The van der Waals surface area contributed by atoms with Gasteiger partial charge in [-0.25, -0.2) is 0 Å². The summed E-state index contributed by atoms with van der Waals surface area (Å²) in [7, 11) is 2.10. The van der Waals surface area contributed by atoms with Crippen LogP contribution in [0, 0.1) is 0 Å². The van der Waals surface area contributed by atoms with Crippen LogP contribution in [0.5, 0.6) is 0 Å². The third kappa shape index (κ3) is 2.77. The van der Waals surface area contributed by atoms with Gasteiger partial charge in [0.15, 0.2) is 0 Å². The minimum absolute atomic E-state index is 0.453. The summed E-state index contributed by atoms with van der Waals surface area (Å²) in [6, 6.07) is 4.69. The summed E-state index contributed by atoms with van der Waals surface area (Å²) in [5, 5.41) is 2.11. The second-order valence-corrected chi connectivity index (χ2v) is 4.34. The second kappa shape index (κ2) is 4.85.